The number of carbonyl (C=O) groups excluding carboxylic acids is 2. The molecule has 1 N–H and O–H groups in total. The van der Waals surface area contributed by atoms with Gasteiger partial charge in [0.1, 0.15) is 5.69 Å². The van der Waals surface area contributed by atoms with E-state index in [4.69, 9.17) is 4.74 Å². The number of nitrogens with one attached hydrogen (secondary N) is 1. The van der Waals surface area contributed by atoms with Crippen LogP contribution in [0.4, 0.5) is 0 Å². The van der Waals surface area contributed by atoms with Crippen molar-refractivity contribution in [2.24, 2.45) is 0 Å². The first-order valence-corrected chi connectivity index (χ1v) is 8.76. The topological polar surface area (TPSA) is 75.3 Å². The zero-order valence-corrected chi connectivity index (χ0v) is 14.4. The average Bonchev–Trinajstić information content (AvgIpc) is 2.98. The quantitative estimate of drug-likeness (QED) is 0.868. The van der Waals surface area contributed by atoms with Crippen molar-refractivity contribution in [3.63, 3.8) is 0 Å². The molecule has 2 heterocycles. The molecule has 2 aromatic rings. The first-order chi connectivity index (χ1) is 12.1. The highest BCUT2D eigenvalue weighted by molar-refractivity contribution is 5.91. The molecule has 25 heavy (non-hydrogen) atoms. The number of rotatable bonds is 4. The zero-order chi connectivity index (χ0) is 17.6. The summed E-state index contributed by atoms with van der Waals surface area (Å²) in [5.41, 5.74) is 1.82. The summed E-state index contributed by atoms with van der Waals surface area (Å²) in [6, 6.07) is 11.2. The first-order valence-electron chi connectivity index (χ1n) is 8.76. The predicted octanol–water partition coefficient (Wildman–Crippen LogP) is 3.02. The Hall–Kier alpha value is -2.63. The van der Waals surface area contributed by atoms with Crippen molar-refractivity contribution in [2.75, 3.05) is 13.1 Å². The van der Waals surface area contributed by atoms with Crippen LogP contribution in [-0.4, -0.2) is 46.2 Å². The molecule has 1 aromatic carbocycles. The number of likely N-dealkylation sites (tertiary alicyclic amines) is 1. The van der Waals surface area contributed by atoms with Gasteiger partial charge < -0.3 is 9.64 Å². The summed E-state index contributed by atoms with van der Waals surface area (Å²) in [5, 5.41) is 6.83. The fraction of sp³-hybridized carbons (Fsp3) is 0.421. The summed E-state index contributed by atoms with van der Waals surface area (Å²) in [6.45, 7) is 3.10. The summed E-state index contributed by atoms with van der Waals surface area (Å²) in [4.78, 5) is 26.6. The van der Waals surface area contributed by atoms with Crippen molar-refractivity contribution in [1.29, 1.82) is 0 Å². The van der Waals surface area contributed by atoms with E-state index in [9.17, 15) is 9.59 Å². The molecule has 1 fully saturated rings. The third kappa shape index (κ3) is 4.26. The van der Waals surface area contributed by atoms with E-state index in [0.717, 1.165) is 44.3 Å². The molecule has 1 atom stereocenters. The number of H-pyrrole nitrogens is 1. The molecule has 0 bridgehead atoms. The van der Waals surface area contributed by atoms with Crippen LogP contribution in [0.3, 0.4) is 0 Å². The Morgan fingerprint density at radius 1 is 1.12 bits per heavy atom. The summed E-state index contributed by atoms with van der Waals surface area (Å²) < 4.78 is 5.34. The van der Waals surface area contributed by atoms with E-state index in [1.807, 2.05) is 30.3 Å². The Kier molecular flexibility index (Phi) is 5.48. The van der Waals surface area contributed by atoms with Crippen molar-refractivity contribution < 1.29 is 14.3 Å². The lowest BCUT2D eigenvalue weighted by Gasteiger charge is -2.23. The van der Waals surface area contributed by atoms with Crippen LogP contribution in [0, 0.1) is 0 Å². The first kappa shape index (κ1) is 17.2. The Bertz CT molecular complexity index is 719. The molecule has 1 amide bonds. The van der Waals surface area contributed by atoms with Crippen LogP contribution >= 0.6 is 0 Å². The second-order valence-corrected chi connectivity index (χ2v) is 6.32. The number of esters is 1. The maximum atomic E-state index is 12.5. The van der Waals surface area contributed by atoms with Crippen molar-refractivity contribution in [1.82, 2.24) is 15.1 Å². The smallest absolute Gasteiger partial charge is 0.357 e. The molecule has 1 aliphatic rings. The van der Waals surface area contributed by atoms with Gasteiger partial charge in [0.2, 0.25) is 0 Å². The van der Waals surface area contributed by atoms with Gasteiger partial charge >= 0.3 is 5.97 Å². The second-order valence-electron chi connectivity index (χ2n) is 6.32. The molecule has 0 unspecified atom stereocenters. The Morgan fingerprint density at radius 3 is 2.48 bits per heavy atom. The van der Waals surface area contributed by atoms with Gasteiger partial charge in [-0.1, -0.05) is 43.2 Å². The normalized spacial score (nSPS) is 16.1. The molecule has 0 radical (unpaired) electrons. The van der Waals surface area contributed by atoms with E-state index >= 15 is 0 Å². The van der Waals surface area contributed by atoms with Crippen LogP contribution in [0.5, 0.6) is 0 Å². The number of hydrogen-bond acceptors (Lipinski definition) is 4. The van der Waals surface area contributed by atoms with Gasteiger partial charge in [-0.05, 0) is 25.8 Å². The second kappa shape index (κ2) is 7.96. The molecule has 0 aliphatic carbocycles. The minimum Gasteiger partial charge on any atom is -0.448 e. The van der Waals surface area contributed by atoms with Crippen molar-refractivity contribution in [3.05, 3.63) is 42.1 Å². The average molecular weight is 341 g/mol. The highest BCUT2D eigenvalue weighted by Gasteiger charge is 2.25. The van der Waals surface area contributed by atoms with Crippen molar-refractivity contribution in [2.45, 2.75) is 38.7 Å². The highest BCUT2D eigenvalue weighted by atomic mass is 16.5. The van der Waals surface area contributed by atoms with Crippen LogP contribution in [0.2, 0.25) is 0 Å². The molecule has 1 saturated heterocycles. The van der Waals surface area contributed by atoms with Gasteiger partial charge in [0.15, 0.2) is 6.10 Å². The van der Waals surface area contributed by atoms with E-state index in [1.165, 1.54) is 0 Å². The van der Waals surface area contributed by atoms with E-state index in [2.05, 4.69) is 10.2 Å². The molecule has 1 aromatic heterocycles. The highest BCUT2D eigenvalue weighted by Crippen LogP contribution is 2.18. The molecule has 0 spiro atoms. The van der Waals surface area contributed by atoms with Crippen LogP contribution in [-0.2, 0) is 9.53 Å². The van der Waals surface area contributed by atoms with Crippen LogP contribution in [0.15, 0.2) is 36.4 Å². The number of carbonyl (C=O) groups is 2. The molecule has 6 nitrogen and oxygen atoms in total. The van der Waals surface area contributed by atoms with Gasteiger partial charge in [-0.3, -0.25) is 9.89 Å². The van der Waals surface area contributed by atoms with Gasteiger partial charge in [-0.2, -0.15) is 5.10 Å². The minimum absolute atomic E-state index is 0.127. The zero-order valence-electron chi connectivity index (χ0n) is 14.4. The molecule has 132 valence electrons. The van der Waals surface area contributed by atoms with Crippen molar-refractivity contribution in [3.8, 4) is 11.3 Å². The Morgan fingerprint density at radius 2 is 1.80 bits per heavy atom. The summed E-state index contributed by atoms with van der Waals surface area (Å²) in [5.74, 6) is -0.691. The number of ether oxygens (including phenoxy) is 1. The fourth-order valence-corrected chi connectivity index (χ4v) is 3.01. The largest absolute Gasteiger partial charge is 0.448 e. The SMILES string of the molecule is C[C@H](OC(=O)c1cc(-c2ccccc2)n[nH]1)C(=O)N1CCCCCC1. The Balaban J connectivity index is 1.61. The molecule has 6 heteroatoms. The van der Waals surface area contributed by atoms with Crippen LogP contribution in [0.1, 0.15) is 43.1 Å². The van der Waals surface area contributed by atoms with E-state index < -0.39 is 12.1 Å². The van der Waals surface area contributed by atoms with Gasteiger partial charge in [0.25, 0.3) is 5.91 Å². The van der Waals surface area contributed by atoms with Gasteiger partial charge in [0, 0.05) is 18.7 Å². The monoisotopic (exact) mass is 341 g/mol. The number of nitrogens with zero attached hydrogens (tertiary/aromatic N) is 2. The van der Waals surface area contributed by atoms with Crippen LogP contribution in [0.25, 0.3) is 11.3 Å². The van der Waals surface area contributed by atoms with Crippen LogP contribution < -0.4 is 0 Å². The number of aromatic nitrogens is 2. The summed E-state index contributed by atoms with van der Waals surface area (Å²) in [6.07, 6.45) is 3.51. The third-order valence-corrected chi connectivity index (χ3v) is 4.42. The van der Waals surface area contributed by atoms with E-state index in [1.54, 1.807) is 17.9 Å². The number of benzene rings is 1. The maximum absolute atomic E-state index is 12.5. The van der Waals surface area contributed by atoms with Crippen molar-refractivity contribution >= 4 is 11.9 Å². The summed E-state index contributed by atoms with van der Waals surface area (Å²) in [7, 11) is 0. The number of aromatic amines is 1. The molecule has 0 saturated carbocycles. The van der Waals surface area contributed by atoms with Gasteiger partial charge in [-0.25, -0.2) is 4.79 Å². The number of hydrogen-bond donors (Lipinski definition) is 1. The van der Waals surface area contributed by atoms with E-state index in [0.29, 0.717) is 5.69 Å². The third-order valence-electron chi connectivity index (χ3n) is 4.42. The lowest BCUT2D eigenvalue weighted by Crippen LogP contribution is -2.40. The van der Waals surface area contributed by atoms with Gasteiger partial charge in [0.05, 0.1) is 5.69 Å². The fourth-order valence-electron chi connectivity index (χ4n) is 3.01. The molecule has 3 rings (SSSR count). The van der Waals surface area contributed by atoms with Gasteiger partial charge in [-0.15, -0.1) is 0 Å². The maximum Gasteiger partial charge on any atom is 0.357 e. The molecule has 1 aliphatic heterocycles. The predicted molar refractivity (Wildman–Crippen MR) is 93.9 cm³/mol. The minimum atomic E-state index is -0.797. The lowest BCUT2D eigenvalue weighted by atomic mass is 10.1. The molecular weight excluding hydrogens is 318 g/mol. The van der Waals surface area contributed by atoms with E-state index in [-0.39, 0.29) is 11.6 Å². The summed E-state index contributed by atoms with van der Waals surface area (Å²) >= 11 is 0. The lowest BCUT2D eigenvalue weighted by molar-refractivity contribution is -0.139. The molecular formula is C19H23N3O3. The number of amides is 1. The standard InChI is InChI=1S/C19H23N3O3/c1-14(18(23)22-11-7-2-3-8-12-22)25-19(24)17-13-16(20-21-17)15-9-5-4-6-10-15/h4-6,9-10,13-14H,2-3,7-8,11-12H2,1H3,(H,20,21)/t14-/m0/s1. The Labute approximate surface area is 147 Å².